The number of aryl methyl sites for hydroxylation is 1. The van der Waals surface area contributed by atoms with Crippen LogP contribution in [-0.2, 0) is 11.2 Å². The molecule has 0 bridgehead atoms. The third-order valence-electron chi connectivity index (χ3n) is 3.29. The number of carbonyl (C=O) groups excluding carboxylic acids is 1. The Morgan fingerprint density at radius 1 is 1.40 bits per heavy atom. The van der Waals surface area contributed by atoms with Crippen LogP contribution in [0.3, 0.4) is 0 Å². The van der Waals surface area contributed by atoms with Crippen LogP contribution in [0.1, 0.15) is 16.3 Å². The fourth-order valence-corrected chi connectivity index (χ4v) is 2.76. The molecule has 2 aromatic rings. The van der Waals surface area contributed by atoms with Crippen LogP contribution >= 0.6 is 11.3 Å². The average Bonchev–Trinajstić information content (AvgIpc) is 3.03. The number of hydrogen-bond donors (Lipinski definition) is 3. The number of anilines is 1. The molecule has 0 saturated heterocycles. The summed E-state index contributed by atoms with van der Waals surface area (Å²) in [5.41, 5.74) is 2.45. The normalized spacial score (nSPS) is 10.8. The second-order valence-electron chi connectivity index (χ2n) is 5.23. The van der Waals surface area contributed by atoms with E-state index in [1.807, 2.05) is 18.4 Å². The van der Waals surface area contributed by atoms with Crippen molar-refractivity contribution in [2.75, 3.05) is 25.5 Å². The molecule has 0 aliphatic rings. The van der Waals surface area contributed by atoms with E-state index in [0.717, 1.165) is 22.7 Å². The van der Waals surface area contributed by atoms with Crippen LogP contribution in [0.2, 0.25) is 0 Å². The Hall–Kier alpha value is -2.85. The number of nitrogens with one attached hydrogen (secondary N) is 3. The van der Waals surface area contributed by atoms with E-state index < -0.39 is 0 Å². The largest absolute Gasteiger partial charge is 0.356 e. The van der Waals surface area contributed by atoms with Gasteiger partial charge in [-0.3, -0.25) is 9.79 Å². The van der Waals surface area contributed by atoms with Gasteiger partial charge in [-0.2, -0.15) is 0 Å². The maximum atomic E-state index is 12.0. The van der Waals surface area contributed by atoms with Gasteiger partial charge in [0.05, 0.1) is 17.2 Å². The number of rotatable bonds is 6. The Morgan fingerprint density at radius 3 is 2.92 bits per heavy atom. The second-order valence-corrected chi connectivity index (χ2v) is 6.30. The number of hydrogen-bond acceptors (Lipinski definition) is 4. The molecule has 1 aromatic carbocycles. The number of aromatic nitrogens is 1. The van der Waals surface area contributed by atoms with E-state index in [4.69, 9.17) is 6.42 Å². The van der Waals surface area contributed by atoms with E-state index in [1.165, 1.54) is 0 Å². The third kappa shape index (κ3) is 6.28. The molecule has 25 heavy (non-hydrogen) atoms. The number of carbonyl (C=O) groups is 1. The summed E-state index contributed by atoms with van der Waals surface area (Å²) >= 11 is 1.64. The molecule has 0 fully saturated rings. The average molecular weight is 355 g/mol. The van der Waals surface area contributed by atoms with Crippen molar-refractivity contribution in [2.24, 2.45) is 4.99 Å². The number of benzene rings is 1. The van der Waals surface area contributed by atoms with E-state index in [9.17, 15) is 4.79 Å². The molecule has 7 heteroatoms. The first kappa shape index (κ1) is 18.5. The van der Waals surface area contributed by atoms with Gasteiger partial charge in [0.1, 0.15) is 0 Å². The molecule has 0 atom stereocenters. The van der Waals surface area contributed by atoms with Crippen molar-refractivity contribution < 1.29 is 4.79 Å². The summed E-state index contributed by atoms with van der Waals surface area (Å²) < 4.78 is 0. The molecule has 130 valence electrons. The van der Waals surface area contributed by atoms with Gasteiger partial charge in [-0.15, -0.1) is 17.8 Å². The van der Waals surface area contributed by atoms with Gasteiger partial charge in [-0.05, 0) is 25.1 Å². The van der Waals surface area contributed by atoms with Gasteiger partial charge in [-0.1, -0.05) is 12.0 Å². The van der Waals surface area contributed by atoms with Crippen molar-refractivity contribution >= 4 is 28.9 Å². The minimum Gasteiger partial charge on any atom is -0.356 e. The van der Waals surface area contributed by atoms with Crippen molar-refractivity contribution in [2.45, 2.75) is 13.3 Å². The molecule has 0 aliphatic heterocycles. The van der Waals surface area contributed by atoms with E-state index in [2.05, 4.69) is 31.8 Å². The lowest BCUT2D eigenvalue weighted by Crippen LogP contribution is -2.42. The van der Waals surface area contributed by atoms with Crippen LogP contribution in [0.5, 0.6) is 0 Å². The van der Waals surface area contributed by atoms with E-state index in [1.54, 1.807) is 36.6 Å². The Kier molecular flexibility index (Phi) is 6.99. The lowest BCUT2D eigenvalue weighted by Gasteiger charge is -2.11. The molecule has 1 aromatic heterocycles. The number of guanidine groups is 1. The maximum Gasteiger partial charge on any atom is 0.243 e. The quantitative estimate of drug-likeness (QED) is 0.419. The van der Waals surface area contributed by atoms with Crippen LogP contribution in [0, 0.1) is 19.3 Å². The highest BCUT2D eigenvalue weighted by Crippen LogP contribution is 2.09. The molecule has 0 saturated carbocycles. The molecule has 0 spiro atoms. The van der Waals surface area contributed by atoms with Gasteiger partial charge >= 0.3 is 0 Å². The molecule has 1 heterocycles. The first-order valence-corrected chi connectivity index (χ1v) is 8.70. The maximum absolute atomic E-state index is 12.0. The monoisotopic (exact) mass is 355 g/mol. The Bertz CT molecular complexity index is 791. The summed E-state index contributed by atoms with van der Waals surface area (Å²) in [5, 5.41) is 12.0. The first-order valence-electron chi connectivity index (χ1n) is 7.82. The predicted molar refractivity (Wildman–Crippen MR) is 103 cm³/mol. The van der Waals surface area contributed by atoms with Gasteiger partial charge < -0.3 is 16.0 Å². The van der Waals surface area contributed by atoms with Crippen molar-refractivity contribution in [1.29, 1.82) is 0 Å². The van der Waals surface area contributed by atoms with Gasteiger partial charge in [0.2, 0.25) is 5.91 Å². The number of terminal acetylenes is 1. The van der Waals surface area contributed by atoms with Crippen LogP contribution in [0.15, 0.2) is 34.6 Å². The highest BCUT2D eigenvalue weighted by molar-refractivity contribution is 7.09. The summed E-state index contributed by atoms with van der Waals surface area (Å²) in [4.78, 5) is 20.5. The van der Waals surface area contributed by atoms with Crippen molar-refractivity contribution in [3.05, 3.63) is 45.9 Å². The van der Waals surface area contributed by atoms with Gasteiger partial charge in [-0.25, -0.2) is 4.98 Å². The standard InChI is InChI=1S/C18H21N5OS/c1-4-14-6-5-7-15(10-14)23-17(24)11-21-18(19-3)20-9-8-16-12-25-13(2)22-16/h1,5-7,10,12H,8-9,11H2,2-3H3,(H,23,24)(H2,19,20,21). The number of amides is 1. The number of thiazole rings is 1. The first-order chi connectivity index (χ1) is 12.1. The van der Waals surface area contributed by atoms with Gasteiger partial charge in [0, 0.05) is 36.6 Å². The predicted octanol–water partition coefficient (Wildman–Crippen LogP) is 1.78. The zero-order valence-corrected chi connectivity index (χ0v) is 15.1. The summed E-state index contributed by atoms with van der Waals surface area (Å²) in [6, 6.07) is 7.16. The van der Waals surface area contributed by atoms with E-state index >= 15 is 0 Å². The highest BCUT2D eigenvalue weighted by atomic mass is 32.1. The van der Waals surface area contributed by atoms with Gasteiger partial charge in [0.15, 0.2) is 5.96 Å². The summed E-state index contributed by atoms with van der Waals surface area (Å²) in [6.07, 6.45) is 6.15. The van der Waals surface area contributed by atoms with Crippen molar-refractivity contribution in [3.8, 4) is 12.3 Å². The van der Waals surface area contributed by atoms with E-state index in [0.29, 0.717) is 18.2 Å². The van der Waals surface area contributed by atoms with E-state index in [-0.39, 0.29) is 12.5 Å². The number of aliphatic imine (C=N–C) groups is 1. The summed E-state index contributed by atoms with van der Waals surface area (Å²) in [6.45, 7) is 2.78. The van der Waals surface area contributed by atoms with Crippen LogP contribution in [0.4, 0.5) is 5.69 Å². The Labute approximate surface area is 151 Å². The van der Waals surface area contributed by atoms with Crippen LogP contribution in [-0.4, -0.2) is 37.0 Å². The lowest BCUT2D eigenvalue weighted by molar-refractivity contribution is -0.115. The summed E-state index contributed by atoms with van der Waals surface area (Å²) in [7, 11) is 1.66. The Morgan fingerprint density at radius 2 is 2.24 bits per heavy atom. The fourth-order valence-electron chi connectivity index (χ4n) is 2.11. The van der Waals surface area contributed by atoms with Crippen molar-refractivity contribution in [3.63, 3.8) is 0 Å². The minimum atomic E-state index is -0.174. The highest BCUT2D eigenvalue weighted by Gasteiger charge is 2.05. The molecular weight excluding hydrogens is 334 g/mol. The molecule has 2 rings (SSSR count). The molecule has 3 N–H and O–H groups in total. The lowest BCUT2D eigenvalue weighted by atomic mass is 10.2. The van der Waals surface area contributed by atoms with Crippen LogP contribution < -0.4 is 16.0 Å². The van der Waals surface area contributed by atoms with Crippen LogP contribution in [0.25, 0.3) is 0 Å². The van der Waals surface area contributed by atoms with Gasteiger partial charge in [0.25, 0.3) is 0 Å². The smallest absolute Gasteiger partial charge is 0.243 e. The number of nitrogens with zero attached hydrogens (tertiary/aromatic N) is 2. The zero-order chi connectivity index (χ0) is 18.1. The zero-order valence-electron chi connectivity index (χ0n) is 14.3. The second kappa shape index (κ2) is 9.45. The molecular formula is C18H21N5OS. The summed E-state index contributed by atoms with van der Waals surface area (Å²) in [5.74, 6) is 2.93. The third-order valence-corrected chi connectivity index (χ3v) is 4.12. The van der Waals surface area contributed by atoms with Crippen molar-refractivity contribution in [1.82, 2.24) is 15.6 Å². The SMILES string of the molecule is C#Cc1cccc(NC(=O)CNC(=NC)NCCc2csc(C)n2)c1. The molecule has 1 amide bonds. The Balaban J connectivity index is 1.74. The topological polar surface area (TPSA) is 78.4 Å². The molecule has 0 aliphatic carbocycles. The fraction of sp³-hybridized carbons (Fsp3) is 0.278. The molecule has 6 nitrogen and oxygen atoms in total. The molecule has 0 unspecified atom stereocenters. The molecule has 0 radical (unpaired) electrons. The minimum absolute atomic E-state index is 0.107.